The van der Waals surface area contributed by atoms with Crippen LogP contribution in [0, 0.1) is 6.92 Å². The molecule has 0 aliphatic carbocycles. The Morgan fingerprint density at radius 1 is 1.00 bits per heavy atom. The highest BCUT2D eigenvalue weighted by Crippen LogP contribution is 2.31. The summed E-state index contributed by atoms with van der Waals surface area (Å²) in [4.78, 5) is 0.275. The van der Waals surface area contributed by atoms with E-state index in [1.807, 2.05) is 54.0 Å². The summed E-state index contributed by atoms with van der Waals surface area (Å²) in [7, 11) is -3.53. The third-order valence-corrected chi connectivity index (χ3v) is 8.33. The number of hydrogen-bond donors (Lipinski definition) is 0. The second-order valence-electron chi connectivity index (χ2n) is 7.83. The summed E-state index contributed by atoms with van der Waals surface area (Å²) < 4.78 is 34.9. The Morgan fingerprint density at radius 2 is 1.79 bits per heavy atom. The van der Waals surface area contributed by atoms with Crippen LogP contribution in [-0.4, -0.2) is 45.7 Å². The zero-order valence-electron chi connectivity index (χ0n) is 18.1. The molecule has 1 aliphatic heterocycles. The van der Waals surface area contributed by atoms with Crippen molar-refractivity contribution in [2.75, 3.05) is 13.1 Å². The Balaban J connectivity index is 1.53. The van der Waals surface area contributed by atoms with Gasteiger partial charge in [0.15, 0.2) is 11.0 Å². The number of thioether (sulfide) groups is 1. The first kappa shape index (κ1) is 21.9. The summed E-state index contributed by atoms with van der Waals surface area (Å²) in [5.74, 6) is 1.91. The molecule has 0 N–H and O–H groups in total. The average Bonchev–Trinajstić information content (AvgIpc) is 3.59. The summed E-state index contributed by atoms with van der Waals surface area (Å²) in [6.45, 7) is 2.99. The molecular weight excluding hydrogens is 458 g/mol. The topological polar surface area (TPSA) is 94.1 Å². The molecule has 4 aromatic rings. The molecule has 1 aliphatic rings. The Bertz CT molecular complexity index is 1360. The molecule has 0 radical (unpaired) electrons. The van der Waals surface area contributed by atoms with Gasteiger partial charge >= 0.3 is 0 Å². The SMILES string of the molecule is Cc1cc(CSc2nnc(-c3cccc(S(=O)(=O)N4CCCC4)c3)n2-c2ccccc2)no1. The minimum Gasteiger partial charge on any atom is -0.361 e. The van der Waals surface area contributed by atoms with E-state index in [-0.39, 0.29) is 4.90 Å². The molecule has 0 atom stereocenters. The zero-order chi connectivity index (χ0) is 22.8. The molecular formula is C23H23N5O3S2. The Kier molecular flexibility index (Phi) is 6.05. The molecule has 2 aromatic heterocycles. The third-order valence-electron chi connectivity index (χ3n) is 5.47. The van der Waals surface area contributed by atoms with Crippen molar-refractivity contribution in [3.63, 3.8) is 0 Å². The number of para-hydroxylation sites is 1. The smallest absolute Gasteiger partial charge is 0.243 e. The van der Waals surface area contributed by atoms with Gasteiger partial charge < -0.3 is 4.52 Å². The van der Waals surface area contributed by atoms with Crippen molar-refractivity contribution < 1.29 is 12.9 Å². The van der Waals surface area contributed by atoms with Crippen molar-refractivity contribution >= 4 is 21.8 Å². The van der Waals surface area contributed by atoms with E-state index in [1.54, 1.807) is 22.5 Å². The molecule has 0 bridgehead atoms. The van der Waals surface area contributed by atoms with E-state index < -0.39 is 10.0 Å². The fraction of sp³-hybridized carbons (Fsp3) is 0.261. The molecule has 10 heteroatoms. The number of rotatable bonds is 7. The van der Waals surface area contributed by atoms with Gasteiger partial charge in [0.2, 0.25) is 10.0 Å². The first-order valence-electron chi connectivity index (χ1n) is 10.7. The fourth-order valence-corrected chi connectivity index (χ4v) is 6.25. The minimum absolute atomic E-state index is 0.275. The lowest BCUT2D eigenvalue weighted by Crippen LogP contribution is -2.27. The van der Waals surface area contributed by atoms with E-state index in [0.717, 1.165) is 30.0 Å². The lowest BCUT2D eigenvalue weighted by atomic mass is 10.2. The predicted octanol–water partition coefficient (Wildman–Crippen LogP) is 4.31. The van der Waals surface area contributed by atoms with Crippen LogP contribution in [0.3, 0.4) is 0 Å². The van der Waals surface area contributed by atoms with Gasteiger partial charge in [0, 0.05) is 36.2 Å². The maximum Gasteiger partial charge on any atom is 0.243 e. The average molecular weight is 482 g/mol. The van der Waals surface area contributed by atoms with E-state index in [0.29, 0.717) is 35.4 Å². The minimum atomic E-state index is -3.53. The largest absolute Gasteiger partial charge is 0.361 e. The summed E-state index contributed by atoms with van der Waals surface area (Å²) in [6.07, 6.45) is 1.79. The van der Waals surface area contributed by atoms with Gasteiger partial charge in [-0.15, -0.1) is 10.2 Å². The zero-order valence-corrected chi connectivity index (χ0v) is 19.7. The van der Waals surface area contributed by atoms with Gasteiger partial charge in [0.1, 0.15) is 5.76 Å². The highest BCUT2D eigenvalue weighted by molar-refractivity contribution is 7.98. The fourth-order valence-electron chi connectivity index (χ4n) is 3.86. The molecule has 2 aromatic carbocycles. The molecule has 8 nitrogen and oxygen atoms in total. The lowest BCUT2D eigenvalue weighted by molar-refractivity contribution is 0.393. The molecule has 0 amide bonds. The van der Waals surface area contributed by atoms with Gasteiger partial charge in [0.25, 0.3) is 0 Å². The van der Waals surface area contributed by atoms with E-state index in [1.165, 1.54) is 11.8 Å². The molecule has 1 saturated heterocycles. The van der Waals surface area contributed by atoms with Gasteiger partial charge in [-0.2, -0.15) is 4.31 Å². The first-order chi connectivity index (χ1) is 16.0. The molecule has 170 valence electrons. The van der Waals surface area contributed by atoms with Crippen molar-refractivity contribution in [3.05, 3.63) is 72.1 Å². The van der Waals surface area contributed by atoms with Crippen LogP contribution in [0.2, 0.25) is 0 Å². The van der Waals surface area contributed by atoms with Crippen LogP contribution in [-0.2, 0) is 15.8 Å². The van der Waals surface area contributed by atoms with Crippen LogP contribution < -0.4 is 0 Å². The predicted molar refractivity (Wildman–Crippen MR) is 126 cm³/mol. The standard InChI is InChI=1S/C23H23N5O3S2/c1-17-14-19(26-31-17)16-32-23-25-24-22(28(23)20-9-3-2-4-10-20)18-8-7-11-21(15-18)33(29,30)27-12-5-6-13-27/h2-4,7-11,14-15H,5-6,12-13,16H2,1H3. The maximum atomic E-state index is 13.1. The molecule has 1 fully saturated rings. The van der Waals surface area contributed by atoms with E-state index in [2.05, 4.69) is 15.4 Å². The number of nitrogens with zero attached hydrogens (tertiary/aromatic N) is 5. The summed E-state index contributed by atoms with van der Waals surface area (Å²) in [6, 6.07) is 18.6. The first-order valence-corrected chi connectivity index (χ1v) is 13.1. The number of benzene rings is 2. The maximum absolute atomic E-state index is 13.1. The van der Waals surface area contributed by atoms with Crippen molar-refractivity contribution in [1.82, 2.24) is 24.2 Å². The van der Waals surface area contributed by atoms with Crippen molar-refractivity contribution in [2.45, 2.75) is 35.6 Å². The van der Waals surface area contributed by atoms with Crippen molar-refractivity contribution in [3.8, 4) is 17.1 Å². The molecule has 0 saturated carbocycles. The van der Waals surface area contributed by atoms with Crippen molar-refractivity contribution in [1.29, 1.82) is 0 Å². The number of sulfonamides is 1. The van der Waals surface area contributed by atoms with Crippen LogP contribution in [0.1, 0.15) is 24.3 Å². The van der Waals surface area contributed by atoms with Crippen LogP contribution in [0.25, 0.3) is 17.1 Å². The van der Waals surface area contributed by atoms with Crippen molar-refractivity contribution in [2.24, 2.45) is 0 Å². The normalized spacial score (nSPS) is 14.7. The molecule has 3 heterocycles. The second kappa shape index (κ2) is 9.12. The Hall–Kier alpha value is -2.95. The summed E-state index contributed by atoms with van der Waals surface area (Å²) in [5.41, 5.74) is 2.40. The Labute approximate surface area is 196 Å². The monoisotopic (exact) mass is 481 g/mol. The number of aromatic nitrogens is 4. The van der Waals surface area contributed by atoms with E-state index >= 15 is 0 Å². The molecule has 0 unspecified atom stereocenters. The highest BCUT2D eigenvalue weighted by atomic mass is 32.2. The Morgan fingerprint density at radius 3 is 2.52 bits per heavy atom. The molecule has 5 rings (SSSR count). The van der Waals surface area contributed by atoms with Gasteiger partial charge in [-0.1, -0.05) is 47.3 Å². The van der Waals surface area contributed by atoms with Crippen LogP contribution in [0.5, 0.6) is 0 Å². The van der Waals surface area contributed by atoms with E-state index in [4.69, 9.17) is 4.52 Å². The quantitative estimate of drug-likeness (QED) is 0.363. The van der Waals surface area contributed by atoms with Gasteiger partial charge in [-0.3, -0.25) is 4.57 Å². The third kappa shape index (κ3) is 4.46. The van der Waals surface area contributed by atoms with Gasteiger partial charge in [-0.25, -0.2) is 8.42 Å². The van der Waals surface area contributed by atoms with Crippen LogP contribution >= 0.6 is 11.8 Å². The highest BCUT2D eigenvalue weighted by Gasteiger charge is 2.28. The number of aryl methyl sites for hydroxylation is 1. The molecule has 33 heavy (non-hydrogen) atoms. The number of hydrogen-bond acceptors (Lipinski definition) is 7. The van der Waals surface area contributed by atoms with Gasteiger partial charge in [-0.05, 0) is 44.0 Å². The van der Waals surface area contributed by atoms with Crippen LogP contribution in [0.4, 0.5) is 0 Å². The lowest BCUT2D eigenvalue weighted by Gasteiger charge is -2.16. The second-order valence-corrected chi connectivity index (χ2v) is 10.7. The summed E-state index contributed by atoms with van der Waals surface area (Å²) >= 11 is 1.49. The van der Waals surface area contributed by atoms with E-state index in [9.17, 15) is 8.42 Å². The van der Waals surface area contributed by atoms with Crippen LogP contribution in [0.15, 0.2) is 75.2 Å². The molecule has 0 spiro atoms. The van der Waals surface area contributed by atoms with Gasteiger partial charge in [0.05, 0.1) is 10.6 Å². The summed E-state index contributed by atoms with van der Waals surface area (Å²) in [5, 5.41) is 13.6.